The highest BCUT2D eigenvalue weighted by Gasteiger charge is 2.23. The number of carbonyl (C=O) groups excluding carboxylic acids is 2. The van der Waals surface area contributed by atoms with Crippen molar-refractivity contribution in [1.82, 2.24) is 14.3 Å². The first-order valence-corrected chi connectivity index (χ1v) is 13.5. The first-order chi connectivity index (χ1) is 18.4. The summed E-state index contributed by atoms with van der Waals surface area (Å²) in [5.74, 6) is -0.267. The van der Waals surface area contributed by atoms with Gasteiger partial charge in [-0.1, -0.05) is 29.8 Å². The van der Waals surface area contributed by atoms with Crippen molar-refractivity contribution in [2.24, 2.45) is 5.73 Å². The van der Waals surface area contributed by atoms with Crippen LogP contribution in [0.25, 0.3) is 16.2 Å². The van der Waals surface area contributed by atoms with Crippen molar-refractivity contribution in [2.75, 3.05) is 7.05 Å². The highest BCUT2D eigenvalue weighted by Crippen LogP contribution is 2.39. The van der Waals surface area contributed by atoms with E-state index in [0.717, 1.165) is 16.1 Å². The molecule has 206 valence electrons. The molecule has 3 N–H and O–H groups in total. The molecule has 9 nitrogen and oxygen atoms in total. The SMILES string of the molecule is C[C@@H](Oc1cc(-c2cnc3ccc(CN(C)C(=O)OC(C)(C)C)cn23)sc1C(N)=O)c1ccc(CO)cc1Cl. The molecular formula is C28H31ClN4O5S. The summed E-state index contributed by atoms with van der Waals surface area (Å²) in [5.41, 5.74) is 8.82. The van der Waals surface area contributed by atoms with Gasteiger partial charge in [0.1, 0.15) is 28.0 Å². The highest BCUT2D eigenvalue weighted by molar-refractivity contribution is 7.17. The predicted octanol–water partition coefficient (Wildman–Crippen LogP) is 5.81. The van der Waals surface area contributed by atoms with E-state index in [2.05, 4.69) is 4.98 Å². The van der Waals surface area contributed by atoms with Gasteiger partial charge in [0, 0.05) is 29.9 Å². The van der Waals surface area contributed by atoms with Gasteiger partial charge in [-0.3, -0.25) is 9.20 Å². The van der Waals surface area contributed by atoms with Crippen LogP contribution < -0.4 is 10.5 Å². The van der Waals surface area contributed by atoms with E-state index in [9.17, 15) is 14.7 Å². The zero-order valence-corrected chi connectivity index (χ0v) is 24.0. The normalized spacial score (nSPS) is 12.4. The second-order valence-corrected chi connectivity index (χ2v) is 11.6. The van der Waals surface area contributed by atoms with E-state index >= 15 is 0 Å². The number of aliphatic hydroxyl groups is 1. The Balaban J connectivity index is 1.62. The first kappa shape index (κ1) is 28.4. The van der Waals surface area contributed by atoms with Crippen LogP contribution in [-0.4, -0.2) is 44.0 Å². The number of carbonyl (C=O) groups is 2. The fraction of sp³-hybridized carbons (Fsp3) is 0.321. The second-order valence-electron chi connectivity index (χ2n) is 10.2. The maximum absolute atomic E-state index is 12.4. The third-order valence-corrected chi connectivity index (χ3v) is 7.34. The molecule has 0 bridgehead atoms. The Morgan fingerprint density at radius 3 is 2.56 bits per heavy atom. The molecule has 0 radical (unpaired) electrons. The van der Waals surface area contributed by atoms with E-state index in [-0.39, 0.29) is 11.5 Å². The van der Waals surface area contributed by atoms with Gasteiger partial charge in [-0.05, 0) is 51.0 Å². The number of hydrogen-bond acceptors (Lipinski definition) is 7. The van der Waals surface area contributed by atoms with Crippen molar-refractivity contribution in [3.05, 3.63) is 75.4 Å². The summed E-state index contributed by atoms with van der Waals surface area (Å²) in [5, 5.41) is 9.80. The standard InChI is InChI=1S/C28H31ClN4O5S/c1-16(19-8-6-17(15-34)10-20(19)29)37-22-11-23(39-25(22)26(30)35)21-12-31-24-9-7-18(14-33(21)24)13-32(5)27(36)38-28(2,3)4/h6-12,14,16,34H,13,15H2,1-5H3,(H2,30,35)/t16-/m1/s1. The number of primary amides is 1. The molecule has 0 aliphatic carbocycles. The lowest BCUT2D eigenvalue weighted by Crippen LogP contribution is -2.33. The van der Waals surface area contributed by atoms with Gasteiger partial charge in [-0.2, -0.15) is 0 Å². The quantitative estimate of drug-likeness (QED) is 0.276. The Kier molecular flexibility index (Phi) is 8.20. The van der Waals surface area contributed by atoms with Gasteiger partial charge in [-0.15, -0.1) is 11.3 Å². The van der Waals surface area contributed by atoms with Crippen molar-refractivity contribution in [3.8, 4) is 16.3 Å². The van der Waals surface area contributed by atoms with E-state index in [0.29, 0.717) is 34.1 Å². The lowest BCUT2D eigenvalue weighted by molar-refractivity contribution is 0.0285. The van der Waals surface area contributed by atoms with Crippen LogP contribution in [0.5, 0.6) is 5.75 Å². The van der Waals surface area contributed by atoms with Crippen LogP contribution in [0.15, 0.2) is 48.8 Å². The Labute approximate surface area is 235 Å². The summed E-state index contributed by atoms with van der Waals surface area (Å²) in [6.45, 7) is 7.51. The zero-order valence-electron chi connectivity index (χ0n) is 22.4. The van der Waals surface area contributed by atoms with Crippen molar-refractivity contribution < 1.29 is 24.2 Å². The van der Waals surface area contributed by atoms with Crippen molar-refractivity contribution in [3.63, 3.8) is 0 Å². The Bertz CT molecular complexity index is 1520. The monoisotopic (exact) mass is 570 g/mol. The third kappa shape index (κ3) is 6.52. The number of benzene rings is 1. The minimum Gasteiger partial charge on any atom is -0.484 e. The van der Waals surface area contributed by atoms with Crippen molar-refractivity contribution in [2.45, 2.75) is 52.6 Å². The molecule has 11 heteroatoms. The zero-order chi connectivity index (χ0) is 28.5. The molecule has 0 aliphatic heterocycles. The van der Waals surface area contributed by atoms with Gasteiger partial charge < -0.3 is 25.2 Å². The highest BCUT2D eigenvalue weighted by atomic mass is 35.5. The van der Waals surface area contributed by atoms with E-state index in [1.165, 1.54) is 16.2 Å². The molecule has 4 rings (SSSR count). The molecule has 1 atom stereocenters. The maximum Gasteiger partial charge on any atom is 0.410 e. The molecule has 2 amide bonds. The molecule has 0 spiro atoms. The lowest BCUT2D eigenvalue weighted by Gasteiger charge is -2.24. The number of ether oxygens (including phenoxy) is 2. The van der Waals surface area contributed by atoms with E-state index in [4.69, 9.17) is 26.8 Å². The number of halogens is 1. The minimum absolute atomic E-state index is 0.118. The number of nitrogens with zero attached hydrogens (tertiary/aromatic N) is 3. The summed E-state index contributed by atoms with van der Waals surface area (Å²) in [7, 11) is 1.68. The molecule has 0 saturated heterocycles. The van der Waals surface area contributed by atoms with Gasteiger partial charge in [0.2, 0.25) is 0 Å². The summed E-state index contributed by atoms with van der Waals surface area (Å²) >= 11 is 7.61. The minimum atomic E-state index is -0.608. The van der Waals surface area contributed by atoms with Crippen LogP contribution in [0.2, 0.25) is 5.02 Å². The number of aliphatic hydroxyl groups excluding tert-OH is 1. The van der Waals surface area contributed by atoms with Crippen molar-refractivity contribution >= 4 is 40.6 Å². The predicted molar refractivity (Wildman–Crippen MR) is 151 cm³/mol. The van der Waals surface area contributed by atoms with Crippen LogP contribution in [0.4, 0.5) is 4.79 Å². The smallest absolute Gasteiger partial charge is 0.410 e. The molecule has 1 aromatic carbocycles. The molecule has 39 heavy (non-hydrogen) atoms. The number of rotatable bonds is 8. The Morgan fingerprint density at radius 1 is 1.21 bits per heavy atom. The molecule has 0 fully saturated rings. The Morgan fingerprint density at radius 2 is 1.92 bits per heavy atom. The first-order valence-electron chi connectivity index (χ1n) is 12.3. The van der Waals surface area contributed by atoms with Crippen molar-refractivity contribution in [1.29, 1.82) is 0 Å². The van der Waals surface area contributed by atoms with E-state index in [1.807, 2.05) is 50.4 Å². The van der Waals surface area contributed by atoms with Gasteiger partial charge >= 0.3 is 6.09 Å². The number of pyridine rings is 1. The molecular weight excluding hydrogens is 540 g/mol. The summed E-state index contributed by atoms with van der Waals surface area (Å²) in [6.07, 6.45) is 2.71. The number of imidazole rings is 1. The topological polar surface area (TPSA) is 119 Å². The van der Waals surface area contributed by atoms with Crippen LogP contribution in [0, 0.1) is 0 Å². The average Bonchev–Trinajstić information content (AvgIpc) is 3.46. The van der Waals surface area contributed by atoms with Gasteiger partial charge in [0.25, 0.3) is 5.91 Å². The fourth-order valence-electron chi connectivity index (χ4n) is 3.99. The van der Waals surface area contributed by atoms with Gasteiger partial charge in [-0.25, -0.2) is 9.78 Å². The molecule has 0 saturated carbocycles. The number of nitrogens with two attached hydrogens (primary N) is 1. The molecule has 0 unspecified atom stereocenters. The number of thiophene rings is 1. The van der Waals surface area contributed by atoms with Gasteiger partial charge in [0.05, 0.1) is 29.9 Å². The summed E-state index contributed by atoms with van der Waals surface area (Å²) in [6, 6.07) is 10.8. The largest absolute Gasteiger partial charge is 0.484 e. The Hall–Kier alpha value is -3.60. The molecule has 3 aromatic heterocycles. The fourth-order valence-corrected chi connectivity index (χ4v) is 5.30. The summed E-state index contributed by atoms with van der Waals surface area (Å²) < 4.78 is 13.5. The van der Waals surface area contributed by atoms with E-state index in [1.54, 1.807) is 37.5 Å². The van der Waals surface area contributed by atoms with Gasteiger partial charge in [0.15, 0.2) is 0 Å². The number of amides is 2. The number of fused-ring (bicyclic) bond motifs is 1. The average molecular weight is 571 g/mol. The van der Waals surface area contributed by atoms with Crippen LogP contribution >= 0.6 is 22.9 Å². The summed E-state index contributed by atoms with van der Waals surface area (Å²) in [4.78, 5) is 31.7. The van der Waals surface area contributed by atoms with E-state index < -0.39 is 23.7 Å². The lowest BCUT2D eigenvalue weighted by atomic mass is 10.1. The number of hydrogen-bond donors (Lipinski definition) is 2. The molecule has 4 aromatic rings. The number of aromatic nitrogens is 2. The maximum atomic E-state index is 12.4. The third-order valence-electron chi connectivity index (χ3n) is 5.86. The molecule has 3 heterocycles. The second kappa shape index (κ2) is 11.3. The van der Waals surface area contributed by atoms with Crippen LogP contribution in [0.3, 0.4) is 0 Å². The van der Waals surface area contributed by atoms with Crippen LogP contribution in [0.1, 0.15) is 60.2 Å². The molecule has 0 aliphatic rings. The van der Waals surface area contributed by atoms with Crippen LogP contribution in [-0.2, 0) is 17.9 Å².